The number of hydrogen-bond donors (Lipinski definition) is 2. The Morgan fingerprint density at radius 1 is 1.53 bits per heavy atom. The molecule has 0 saturated heterocycles. The third kappa shape index (κ3) is 3.38. The van der Waals surface area contributed by atoms with Crippen molar-refractivity contribution in [3.63, 3.8) is 0 Å². The van der Waals surface area contributed by atoms with Gasteiger partial charge < -0.3 is 10.4 Å². The second-order valence-electron chi connectivity index (χ2n) is 2.98. The van der Waals surface area contributed by atoms with Gasteiger partial charge in [-0.3, -0.25) is 4.79 Å². The SMILES string of the molecule is CCC(=O)NCc1ccnc(C(=O)O)c1. The first-order chi connectivity index (χ1) is 7.13. The van der Waals surface area contributed by atoms with E-state index in [9.17, 15) is 9.59 Å². The van der Waals surface area contributed by atoms with Gasteiger partial charge in [0.25, 0.3) is 0 Å². The third-order valence-electron chi connectivity index (χ3n) is 1.85. The van der Waals surface area contributed by atoms with E-state index >= 15 is 0 Å². The number of carboxylic acid groups (broad SMARTS) is 1. The summed E-state index contributed by atoms with van der Waals surface area (Å²) >= 11 is 0. The van der Waals surface area contributed by atoms with Crippen molar-refractivity contribution in [2.24, 2.45) is 0 Å². The summed E-state index contributed by atoms with van der Waals surface area (Å²) in [5, 5.41) is 11.3. The lowest BCUT2D eigenvalue weighted by atomic mass is 10.2. The zero-order valence-electron chi connectivity index (χ0n) is 8.36. The molecule has 0 bridgehead atoms. The minimum absolute atomic E-state index is 0.0155. The first kappa shape index (κ1) is 11.2. The summed E-state index contributed by atoms with van der Waals surface area (Å²) in [5.74, 6) is -1.14. The van der Waals surface area contributed by atoms with E-state index in [1.807, 2.05) is 0 Å². The molecule has 0 spiro atoms. The molecule has 1 rings (SSSR count). The van der Waals surface area contributed by atoms with Crippen molar-refractivity contribution in [3.8, 4) is 0 Å². The number of carbonyl (C=O) groups is 2. The molecule has 1 aromatic heterocycles. The molecule has 0 saturated carbocycles. The van der Waals surface area contributed by atoms with Crippen molar-refractivity contribution in [1.82, 2.24) is 10.3 Å². The molecular weight excluding hydrogens is 196 g/mol. The summed E-state index contributed by atoms with van der Waals surface area (Å²) < 4.78 is 0. The van der Waals surface area contributed by atoms with Gasteiger partial charge in [0.2, 0.25) is 5.91 Å². The minimum atomic E-state index is -1.07. The highest BCUT2D eigenvalue weighted by Gasteiger charge is 2.05. The van der Waals surface area contributed by atoms with Gasteiger partial charge in [0.1, 0.15) is 5.69 Å². The number of carboxylic acids is 1. The van der Waals surface area contributed by atoms with E-state index in [2.05, 4.69) is 10.3 Å². The Hall–Kier alpha value is -1.91. The van der Waals surface area contributed by atoms with Crippen LogP contribution in [0.5, 0.6) is 0 Å². The molecule has 0 aromatic carbocycles. The number of amides is 1. The van der Waals surface area contributed by atoms with E-state index in [1.165, 1.54) is 12.3 Å². The Kier molecular flexibility index (Phi) is 3.79. The van der Waals surface area contributed by atoms with Crippen LogP contribution in [0.3, 0.4) is 0 Å². The number of aromatic carboxylic acids is 1. The van der Waals surface area contributed by atoms with E-state index in [4.69, 9.17) is 5.11 Å². The number of carbonyl (C=O) groups excluding carboxylic acids is 1. The highest BCUT2D eigenvalue weighted by Crippen LogP contribution is 2.01. The fourth-order valence-corrected chi connectivity index (χ4v) is 1.03. The lowest BCUT2D eigenvalue weighted by Gasteiger charge is -2.03. The van der Waals surface area contributed by atoms with E-state index < -0.39 is 5.97 Å². The molecule has 0 atom stereocenters. The molecule has 0 aliphatic carbocycles. The molecule has 0 radical (unpaired) electrons. The predicted octanol–water partition coefficient (Wildman–Crippen LogP) is 0.806. The van der Waals surface area contributed by atoms with E-state index in [1.54, 1.807) is 13.0 Å². The Labute approximate surface area is 87.1 Å². The Morgan fingerprint density at radius 3 is 2.87 bits per heavy atom. The topological polar surface area (TPSA) is 79.3 Å². The zero-order valence-corrected chi connectivity index (χ0v) is 8.36. The summed E-state index contributed by atoms with van der Waals surface area (Å²) in [4.78, 5) is 25.2. The zero-order chi connectivity index (χ0) is 11.3. The second-order valence-corrected chi connectivity index (χ2v) is 2.98. The van der Waals surface area contributed by atoms with Crippen LogP contribution in [0.25, 0.3) is 0 Å². The molecule has 0 unspecified atom stereocenters. The van der Waals surface area contributed by atoms with E-state index in [-0.39, 0.29) is 11.6 Å². The fraction of sp³-hybridized carbons (Fsp3) is 0.300. The lowest BCUT2D eigenvalue weighted by Crippen LogP contribution is -2.21. The Bertz CT molecular complexity index is 377. The maximum absolute atomic E-state index is 11.0. The summed E-state index contributed by atoms with van der Waals surface area (Å²) in [6.07, 6.45) is 1.83. The van der Waals surface area contributed by atoms with Gasteiger partial charge in [0.05, 0.1) is 0 Å². The first-order valence-corrected chi connectivity index (χ1v) is 4.58. The maximum Gasteiger partial charge on any atom is 0.354 e. The fourth-order valence-electron chi connectivity index (χ4n) is 1.03. The Morgan fingerprint density at radius 2 is 2.27 bits per heavy atom. The normalized spacial score (nSPS) is 9.67. The van der Waals surface area contributed by atoms with Crippen molar-refractivity contribution >= 4 is 11.9 Å². The summed E-state index contributed by atoms with van der Waals surface area (Å²) in [7, 11) is 0. The first-order valence-electron chi connectivity index (χ1n) is 4.58. The number of hydrogen-bond acceptors (Lipinski definition) is 3. The minimum Gasteiger partial charge on any atom is -0.477 e. The molecule has 15 heavy (non-hydrogen) atoms. The number of nitrogens with one attached hydrogen (secondary N) is 1. The molecule has 0 aliphatic heterocycles. The van der Waals surface area contributed by atoms with Gasteiger partial charge in [0, 0.05) is 19.2 Å². The maximum atomic E-state index is 11.0. The quantitative estimate of drug-likeness (QED) is 0.767. The standard InChI is InChI=1S/C10H12N2O3/c1-2-9(13)12-6-7-3-4-11-8(5-7)10(14)15/h3-5H,2,6H2,1H3,(H,12,13)(H,14,15). The Balaban J connectivity index is 2.66. The number of nitrogens with zero attached hydrogens (tertiary/aromatic N) is 1. The summed E-state index contributed by atoms with van der Waals surface area (Å²) in [5.41, 5.74) is 0.711. The lowest BCUT2D eigenvalue weighted by molar-refractivity contribution is -0.120. The van der Waals surface area contributed by atoms with Gasteiger partial charge in [-0.2, -0.15) is 0 Å². The number of pyridine rings is 1. The molecule has 0 fully saturated rings. The molecule has 1 aromatic rings. The highest BCUT2D eigenvalue weighted by atomic mass is 16.4. The molecule has 80 valence electrons. The number of aromatic nitrogens is 1. The highest BCUT2D eigenvalue weighted by molar-refractivity contribution is 5.85. The third-order valence-corrected chi connectivity index (χ3v) is 1.85. The largest absolute Gasteiger partial charge is 0.477 e. The smallest absolute Gasteiger partial charge is 0.354 e. The van der Waals surface area contributed by atoms with Gasteiger partial charge in [-0.1, -0.05) is 6.92 Å². The average molecular weight is 208 g/mol. The number of rotatable bonds is 4. The van der Waals surface area contributed by atoms with Crippen molar-refractivity contribution < 1.29 is 14.7 Å². The van der Waals surface area contributed by atoms with Crippen LogP contribution in [0.1, 0.15) is 29.4 Å². The van der Waals surface area contributed by atoms with Crippen LogP contribution >= 0.6 is 0 Å². The van der Waals surface area contributed by atoms with Crippen molar-refractivity contribution in [2.45, 2.75) is 19.9 Å². The van der Waals surface area contributed by atoms with Gasteiger partial charge in [-0.25, -0.2) is 9.78 Å². The molecule has 0 aliphatic rings. The second kappa shape index (κ2) is 5.09. The van der Waals surface area contributed by atoms with Crippen LogP contribution in [0.4, 0.5) is 0 Å². The van der Waals surface area contributed by atoms with Crippen LogP contribution in [0.2, 0.25) is 0 Å². The van der Waals surface area contributed by atoms with Crippen LogP contribution < -0.4 is 5.32 Å². The summed E-state index contributed by atoms with van der Waals surface area (Å²) in [6.45, 7) is 2.08. The van der Waals surface area contributed by atoms with Crippen molar-refractivity contribution in [1.29, 1.82) is 0 Å². The molecule has 1 heterocycles. The van der Waals surface area contributed by atoms with Gasteiger partial charge in [-0.15, -0.1) is 0 Å². The predicted molar refractivity (Wildman–Crippen MR) is 53.3 cm³/mol. The van der Waals surface area contributed by atoms with Gasteiger partial charge in [-0.05, 0) is 17.7 Å². The molecule has 2 N–H and O–H groups in total. The van der Waals surface area contributed by atoms with Crippen molar-refractivity contribution in [3.05, 3.63) is 29.6 Å². The van der Waals surface area contributed by atoms with E-state index in [0.717, 1.165) is 5.56 Å². The summed E-state index contributed by atoms with van der Waals surface area (Å²) in [6, 6.07) is 3.11. The van der Waals surface area contributed by atoms with Gasteiger partial charge >= 0.3 is 5.97 Å². The van der Waals surface area contributed by atoms with Crippen LogP contribution in [-0.4, -0.2) is 22.0 Å². The van der Waals surface area contributed by atoms with E-state index in [0.29, 0.717) is 13.0 Å². The van der Waals surface area contributed by atoms with Crippen LogP contribution in [0, 0.1) is 0 Å². The van der Waals surface area contributed by atoms with Crippen LogP contribution in [0.15, 0.2) is 18.3 Å². The molecule has 1 amide bonds. The molecular formula is C10H12N2O3. The average Bonchev–Trinajstić information content (AvgIpc) is 2.26. The molecule has 5 nitrogen and oxygen atoms in total. The van der Waals surface area contributed by atoms with Gasteiger partial charge in [0.15, 0.2) is 0 Å². The van der Waals surface area contributed by atoms with Crippen molar-refractivity contribution in [2.75, 3.05) is 0 Å². The van der Waals surface area contributed by atoms with Crippen LogP contribution in [-0.2, 0) is 11.3 Å². The molecule has 5 heteroatoms. The monoisotopic (exact) mass is 208 g/mol.